The lowest BCUT2D eigenvalue weighted by atomic mass is 9.67. The van der Waals surface area contributed by atoms with Crippen molar-refractivity contribution in [2.24, 2.45) is 0 Å². The maximum absolute atomic E-state index is 2.39. The van der Waals surface area contributed by atoms with E-state index in [1.54, 1.807) is 0 Å². The van der Waals surface area contributed by atoms with Crippen LogP contribution in [0.1, 0.15) is 181 Å². The van der Waals surface area contributed by atoms with Gasteiger partial charge in [-0.3, -0.25) is 0 Å². The average Bonchev–Trinajstić information content (AvgIpc) is 3.64. The SMILES string of the molecule is Cc1ccc(C(C)(c2ccc(C(C)(c3ccc(C)c(C)c3)c3ccc(C)c(C)c3)cc2)c2ccc(C)c(C)c2)cc1C.Cc1ccc(C(c2ccc(C(c3ccc(C)c(C)c3)c3ccc(C)c(C)c3)cc2)c2ccc(C)c(C)c2)cc1C. The average molecular weight is 1070 g/mol. The van der Waals surface area contributed by atoms with E-state index >= 15 is 0 Å². The molecule has 0 N–H and O–H groups in total. The highest BCUT2D eigenvalue weighted by atomic mass is 14.4. The van der Waals surface area contributed by atoms with Gasteiger partial charge in [0.2, 0.25) is 0 Å². The zero-order valence-electron chi connectivity index (χ0n) is 52.6. The fourth-order valence-corrected chi connectivity index (χ4v) is 12.2. The van der Waals surface area contributed by atoms with E-state index in [1.807, 2.05) is 0 Å². The van der Waals surface area contributed by atoms with Crippen molar-refractivity contribution in [2.75, 3.05) is 0 Å². The first-order chi connectivity index (χ1) is 39.0. The Bertz CT molecular complexity index is 3480. The van der Waals surface area contributed by atoms with Gasteiger partial charge in [-0.05, 0) is 280 Å². The van der Waals surface area contributed by atoms with Crippen LogP contribution in [-0.4, -0.2) is 0 Å². The van der Waals surface area contributed by atoms with E-state index in [9.17, 15) is 0 Å². The first kappa shape index (κ1) is 58.8. The monoisotopic (exact) mass is 1070 g/mol. The minimum atomic E-state index is -0.285. The molecule has 0 nitrogen and oxygen atoms in total. The lowest BCUT2D eigenvalue weighted by molar-refractivity contribution is 0.675. The molecule has 0 radical (unpaired) electrons. The highest BCUT2D eigenvalue weighted by Crippen LogP contribution is 2.45. The van der Waals surface area contributed by atoms with Gasteiger partial charge in [0.05, 0.1) is 0 Å². The molecule has 0 aromatic heterocycles. The summed E-state index contributed by atoms with van der Waals surface area (Å²) in [5.41, 5.74) is 36.7. The molecule has 0 bridgehead atoms. The van der Waals surface area contributed by atoms with Crippen LogP contribution in [0.4, 0.5) is 0 Å². The molecule has 0 saturated heterocycles. The van der Waals surface area contributed by atoms with Crippen molar-refractivity contribution >= 4 is 0 Å². The minimum absolute atomic E-state index is 0.189. The van der Waals surface area contributed by atoms with Gasteiger partial charge in [-0.25, -0.2) is 0 Å². The summed E-state index contributed by atoms with van der Waals surface area (Å²) in [7, 11) is 0. The quantitative estimate of drug-likeness (QED) is 0.107. The van der Waals surface area contributed by atoms with Crippen LogP contribution in [0, 0.1) is 111 Å². The third kappa shape index (κ3) is 11.8. The van der Waals surface area contributed by atoms with E-state index in [4.69, 9.17) is 0 Å². The molecule has 10 rings (SSSR count). The van der Waals surface area contributed by atoms with E-state index in [0.29, 0.717) is 0 Å². The number of rotatable bonds is 12. The normalized spacial score (nSPS) is 11.8. The summed E-state index contributed by atoms with van der Waals surface area (Å²) in [5, 5.41) is 0. The van der Waals surface area contributed by atoms with Gasteiger partial charge in [0.1, 0.15) is 0 Å². The third-order valence-electron chi connectivity index (χ3n) is 19.4. The standard InChI is InChI=1S/C42H46.C40H42/c1-27-11-15-37(23-31(27)5)41(9,38-16-12-28(2)32(6)24-38)35-19-21-36(22-20-35)42(10,39-17-13-29(3)33(7)25-39)40-18-14-30(4)34(8)26-40;1-25-9-13-35(21-29(25)5)39(36-14-10-26(2)30(6)22-36)33-17-19-34(20-18-33)40(37-15-11-27(3)31(7)23-37)38-16-12-28(4)32(8)24-38/h11-26H,1-10H3;9-24,39-40H,1-8H3. The molecule has 0 aliphatic heterocycles. The highest BCUT2D eigenvalue weighted by Gasteiger charge is 2.35. The number of aryl methyl sites for hydroxylation is 16. The number of hydrogen-bond acceptors (Lipinski definition) is 0. The maximum atomic E-state index is 2.39. The second kappa shape index (κ2) is 24.0. The molecule has 0 aliphatic carbocycles. The van der Waals surface area contributed by atoms with Crippen molar-refractivity contribution in [3.05, 3.63) is 350 Å². The zero-order valence-corrected chi connectivity index (χ0v) is 52.6. The molecule has 416 valence electrons. The van der Waals surface area contributed by atoms with Crippen LogP contribution in [0.2, 0.25) is 0 Å². The maximum Gasteiger partial charge on any atom is 0.0423 e. The number of benzene rings is 10. The molecular weight excluding hydrogens is 985 g/mol. The largest absolute Gasteiger partial charge is 0.0588 e. The van der Waals surface area contributed by atoms with Gasteiger partial charge in [0.25, 0.3) is 0 Å². The van der Waals surface area contributed by atoms with Crippen LogP contribution in [-0.2, 0) is 10.8 Å². The fourth-order valence-electron chi connectivity index (χ4n) is 12.2. The fraction of sp³-hybridized carbons (Fsp3) is 0.268. The predicted octanol–water partition coefficient (Wildman–Crippen LogP) is 21.4. The Morgan fingerprint density at radius 2 is 0.329 bits per heavy atom. The second-order valence-electron chi connectivity index (χ2n) is 24.9. The van der Waals surface area contributed by atoms with Crippen LogP contribution < -0.4 is 0 Å². The summed E-state index contributed by atoms with van der Waals surface area (Å²) in [5.74, 6) is 0.378. The Morgan fingerprint density at radius 3 is 0.512 bits per heavy atom. The molecule has 0 heteroatoms. The van der Waals surface area contributed by atoms with E-state index in [1.165, 1.54) is 156 Å². The van der Waals surface area contributed by atoms with Gasteiger partial charge in [-0.15, -0.1) is 0 Å². The van der Waals surface area contributed by atoms with Crippen molar-refractivity contribution in [1.82, 2.24) is 0 Å². The Kier molecular flexibility index (Phi) is 17.2. The van der Waals surface area contributed by atoms with Crippen molar-refractivity contribution in [3.8, 4) is 0 Å². The van der Waals surface area contributed by atoms with Gasteiger partial charge >= 0.3 is 0 Å². The molecular formula is C82H88. The van der Waals surface area contributed by atoms with Crippen molar-refractivity contribution < 1.29 is 0 Å². The summed E-state index contributed by atoms with van der Waals surface area (Å²) >= 11 is 0. The second-order valence-corrected chi connectivity index (χ2v) is 24.9. The third-order valence-corrected chi connectivity index (χ3v) is 19.4. The minimum Gasteiger partial charge on any atom is -0.0588 e. The Morgan fingerprint density at radius 1 is 0.171 bits per heavy atom. The van der Waals surface area contributed by atoms with Crippen LogP contribution in [0.15, 0.2) is 194 Å². The molecule has 0 saturated carbocycles. The smallest absolute Gasteiger partial charge is 0.0423 e. The van der Waals surface area contributed by atoms with Crippen molar-refractivity contribution in [2.45, 2.75) is 147 Å². The first-order valence-electron chi connectivity index (χ1n) is 29.8. The van der Waals surface area contributed by atoms with Gasteiger partial charge in [0.15, 0.2) is 0 Å². The Hall–Kier alpha value is -7.80. The lowest BCUT2D eigenvalue weighted by Crippen LogP contribution is -2.28. The summed E-state index contributed by atoms with van der Waals surface area (Å²) in [6, 6.07) is 74.6. The first-order valence-corrected chi connectivity index (χ1v) is 29.8. The van der Waals surface area contributed by atoms with Crippen LogP contribution >= 0.6 is 0 Å². The van der Waals surface area contributed by atoms with Crippen LogP contribution in [0.25, 0.3) is 0 Å². The van der Waals surface area contributed by atoms with Crippen LogP contribution in [0.5, 0.6) is 0 Å². The molecule has 0 spiro atoms. The molecule has 0 aliphatic rings. The Balaban J connectivity index is 0.000000198. The molecule has 10 aromatic carbocycles. The van der Waals surface area contributed by atoms with Gasteiger partial charge in [-0.2, -0.15) is 0 Å². The van der Waals surface area contributed by atoms with Gasteiger partial charge in [-0.1, -0.05) is 194 Å². The molecule has 10 aromatic rings. The van der Waals surface area contributed by atoms with Crippen molar-refractivity contribution in [3.63, 3.8) is 0 Å². The topological polar surface area (TPSA) is 0 Å². The molecule has 82 heavy (non-hydrogen) atoms. The molecule has 0 amide bonds. The van der Waals surface area contributed by atoms with Gasteiger partial charge in [0, 0.05) is 22.7 Å². The van der Waals surface area contributed by atoms with Gasteiger partial charge < -0.3 is 0 Å². The van der Waals surface area contributed by atoms with E-state index in [0.717, 1.165) is 0 Å². The highest BCUT2D eigenvalue weighted by molar-refractivity contribution is 5.58. The zero-order chi connectivity index (χ0) is 58.9. The van der Waals surface area contributed by atoms with Crippen molar-refractivity contribution in [1.29, 1.82) is 0 Å². The molecule has 0 unspecified atom stereocenters. The Labute approximate surface area is 494 Å². The van der Waals surface area contributed by atoms with E-state index in [-0.39, 0.29) is 22.7 Å². The summed E-state index contributed by atoms with van der Waals surface area (Å²) in [4.78, 5) is 0. The predicted molar refractivity (Wildman–Crippen MR) is 353 cm³/mol. The van der Waals surface area contributed by atoms with E-state index in [2.05, 4.69) is 319 Å². The lowest BCUT2D eigenvalue weighted by Gasteiger charge is -2.35. The molecule has 0 fully saturated rings. The number of hydrogen-bond donors (Lipinski definition) is 0. The molecule has 0 heterocycles. The van der Waals surface area contributed by atoms with Crippen LogP contribution in [0.3, 0.4) is 0 Å². The van der Waals surface area contributed by atoms with E-state index < -0.39 is 0 Å². The summed E-state index contributed by atoms with van der Waals surface area (Å²) in [6.45, 7) is 40.1. The summed E-state index contributed by atoms with van der Waals surface area (Å²) < 4.78 is 0. The summed E-state index contributed by atoms with van der Waals surface area (Å²) in [6.07, 6.45) is 0. The molecule has 0 atom stereocenters.